The molecule has 104 valence electrons. The standard InChI is InChI=1S/C12H18N4O2S/c1-4-19(17,18)15-11(9(2)3)12-14-13-10-7-5-6-8-16(10)12/h5-9,11,15H,4H2,1-3H3. The van der Waals surface area contributed by atoms with Crippen molar-refractivity contribution in [3.05, 3.63) is 30.2 Å². The molecule has 0 bridgehead atoms. The van der Waals surface area contributed by atoms with Gasteiger partial charge in [0.2, 0.25) is 10.0 Å². The van der Waals surface area contributed by atoms with Gasteiger partial charge < -0.3 is 0 Å². The fourth-order valence-corrected chi connectivity index (χ4v) is 2.77. The lowest BCUT2D eigenvalue weighted by molar-refractivity contribution is 0.441. The van der Waals surface area contributed by atoms with Crippen LogP contribution < -0.4 is 4.72 Å². The van der Waals surface area contributed by atoms with Crippen molar-refractivity contribution < 1.29 is 8.42 Å². The molecule has 0 saturated carbocycles. The van der Waals surface area contributed by atoms with E-state index in [-0.39, 0.29) is 17.7 Å². The van der Waals surface area contributed by atoms with Crippen molar-refractivity contribution in [1.29, 1.82) is 0 Å². The van der Waals surface area contributed by atoms with E-state index in [1.807, 2.05) is 42.6 Å². The predicted molar refractivity (Wildman–Crippen MR) is 73.2 cm³/mol. The van der Waals surface area contributed by atoms with Crippen molar-refractivity contribution in [3.63, 3.8) is 0 Å². The molecule has 0 radical (unpaired) electrons. The van der Waals surface area contributed by atoms with Crippen LogP contribution in [0, 0.1) is 5.92 Å². The molecule has 0 spiro atoms. The van der Waals surface area contributed by atoms with Gasteiger partial charge in [-0.1, -0.05) is 19.9 Å². The zero-order valence-electron chi connectivity index (χ0n) is 11.2. The highest BCUT2D eigenvalue weighted by atomic mass is 32.2. The fraction of sp³-hybridized carbons (Fsp3) is 0.500. The Kier molecular flexibility index (Phi) is 3.86. The van der Waals surface area contributed by atoms with E-state index in [9.17, 15) is 8.42 Å². The first-order valence-electron chi connectivity index (χ1n) is 6.24. The maximum Gasteiger partial charge on any atom is 0.211 e. The quantitative estimate of drug-likeness (QED) is 0.898. The lowest BCUT2D eigenvalue weighted by Crippen LogP contribution is -2.34. The van der Waals surface area contributed by atoms with Crippen molar-refractivity contribution in [2.24, 2.45) is 5.92 Å². The number of nitrogens with one attached hydrogen (secondary N) is 1. The molecular weight excluding hydrogens is 264 g/mol. The van der Waals surface area contributed by atoms with E-state index in [1.54, 1.807) is 6.92 Å². The predicted octanol–water partition coefficient (Wildman–Crippen LogP) is 1.37. The highest BCUT2D eigenvalue weighted by Crippen LogP contribution is 2.21. The monoisotopic (exact) mass is 282 g/mol. The molecular formula is C12H18N4O2S. The second-order valence-corrected chi connectivity index (χ2v) is 6.77. The van der Waals surface area contributed by atoms with Crippen molar-refractivity contribution >= 4 is 15.7 Å². The Balaban J connectivity index is 2.45. The molecule has 0 aliphatic heterocycles. The van der Waals surface area contributed by atoms with E-state index in [0.717, 1.165) is 0 Å². The van der Waals surface area contributed by atoms with Crippen molar-refractivity contribution in [2.45, 2.75) is 26.8 Å². The molecule has 2 aromatic heterocycles. The van der Waals surface area contributed by atoms with Gasteiger partial charge >= 0.3 is 0 Å². The van der Waals surface area contributed by atoms with Crippen LogP contribution in [0.2, 0.25) is 0 Å². The van der Waals surface area contributed by atoms with Crippen molar-refractivity contribution in [2.75, 3.05) is 5.75 Å². The Hall–Kier alpha value is -1.47. The number of hydrogen-bond donors (Lipinski definition) is 1. The molecule has 1 unspecified atom stereocenters. The summed E-state index contributed by atoms with van der Waals surface area (Å²) in [6.45, 7) is 5.52. The SMILES string of the molecule is CCS(=O)(=O)NC(c1nnc2ccccn12)C(C)C. The molecule has 1 N–H and O–H groups in total. The van der Waals surface area contributed by atoms with Gasteiger partial charge in [-0.2, -0.15) is 0 Å². The third kappa shape index (κ3) is 2.93. The molecule has 2 aromatic rings. The average Bonchev–Trinajstić information content (AvgIpc) is 2.79. The largest absolute Gasteiger partial charge is 0.285 e. The Labute approximate surface area is 112 Å². The van der Waals surface area contributed by atoms with Crippen molar-refractivity contribution in [1.82, 2.24) is 19.3 Å². The minimum atomic E-state index is -3.29. The van der Waals surface area contributed by atoms with E-state index in [1.165, 1.54) is 0 Å². The molecule has 7 heteroatoms. The number of fused-ring (bicyclic) bond motifs is 1. The van der Waals surface area contributed by atoms with Gasteiger partial charge in [0.1, 0.15) is 0 Å². The van der Waals surface area contributed by atoms with Crippen LogP contribution in [-0.4, -0.2) is 28.8 Å². The zero-order chi connectivity index (χ0) is 14.0. The molecule has 0 aromatic carbocycles. The summed E-state index contributed by atoms with van der Waals surface area (Å²) in [4.78, 5) is 0. The first-order chi connectivity index (χ1) is 8.94. The summed E-state index contributed by atoms with van der Waals surface area (Å²) in [5, 5.41) is 8.18. The molecule has 0 saturated heterocycles. The van der Waals surface area contributed by atoms with Crippen LogP contribution in [0.5, 0.6) is 0 Å². The Bertz CT molecular complexity index is 663. The third-order valence-electron chi connectivity index (χ3n) is 2.97. The number of nitrogens with zero attached hydrogens (tertiary/aromatic N) is 3. The van der Waals surface area contributed by atoms with Gasteiger partial charge in [-0.3, -0.25) is 4.40 Å². The molecule has 0 aliphatic carbocycles. The normalized spacial score (nSPS) is 14.1. The summed E-state index contributed by atoms with van der Waals surface area (Å²) >= 11 is 0. The van der Waals surface area contributed by atoms with Gasteiger partial charge in [-0.05, 0) is 25.0 Å². The summed E-state index contributed by atoms with van der Waals surface area (Å²) in [6, 6.07) is 5.18. The molecule has 0 aliphatic rings. The van der Waals surface area contributed by atoms with E-state index >= 15 is 0 Å². The smallest absolute Gasteiger partial charge is 0.211 e. The maximum absolute atomic E-state index is 11.8. The number of hydrogen-bond acceptors (Lipinski definition) is 4. The van der Waals surface area contributed by atoms with E-state index < -0.39 is 10.0 Å². The molecule has 19 heavy (non-hydrogen) atoms. The van der Waals surface area contributed by atoms with Crippen LogP contribution in [0.3, 0.4) is 0 Å². The summed E-state index contributed by atoms with van der Waals surface area (Å²) in [6.07, 6.45) is 1.83. The number of rotatable bonds is 5. The summed E-state index contributed by atoms with van der Waals surface area (Å²) < 4.78 is 28.0. The second-order valence-electron chi connectivity index (χ2n) is 4.73. The van der Waals surface area contributed by atoms with E-state index in [2.05, 4.69) is 14.9 Å². The maximum atomic E-state index is 11.8. The van der Waals surface area contributed by atoms with Gasteiger partial charge in [-0.25, -0.2) is 13.1 Å². The molecule has 0 amide bonds. The minimum Gasteiger partial charge on any atom is -0.285 e. The molecule has 2 heterocycles. The molecule has 2 rings (SSSR count). The highest BCUT2D eigenvalue weighted by Gasteiger charge is 2.25. The molecule has 6 nitrogen and oxygen atoms in total. The lowest BCUT2D eigenvalue weighted by atomic mass is 10.1. The summed E-state index contributed by atoms with van der Waals surface area (Å²) in [5.74, 6) is 0.740. The average molecular weight is 282 g/mol. The number of pyridine rings is 1. The zero-order valence-corrected chi connectivity index (χ0v) is 12.1. The van der Waals surface area contributed by atoms with Crippen molar-refractivity contribution in [3.8, 4) is 0 Å². The Morgan fingerprint density at radius 2 is 2.05 bits per heavy atom. The first kappa shape index (κ1) is 14.0. The fourth-order valence-electron chi connectivity index (χ4n) is 1.84. The molecule has 1 atom stereocenters. The van der Waals surface area contributed by atoms with Crippen LogP contribution in [0.25, 0.3) is 5.65 Å². The van der Waals surface area contributed by atoms with Crippen LogP contribution in [0.1, 0.15) is 32.6 Å². The van der Waals surface area contributed by atoms with Gasteiger partial charge in [0.25, 0.3) is 0 Å². The summed E-state index contributed by atoms with van der Waals surface area (Å²) in [5.41, 5.74) is 0.707. The van der Waals surface area contributed by atoms with Crippen LogP contribution in [0.15, 0.2) is 24.4 Å². The lowest BCUT2D eigenvalue weighted by Gasteiger charge is -2.20. The van der Waals surface area contributed by atoms with Gasteiger partial charge in [0.15, 0.2) is 11.5 Å². The van der Waals surface area contributed by atoms with Crippen LogP contribution >= 0.6 is 0 Å². The number of sulfonamides is 1. The second kappa shape index (κ2) is 5.26. The van der Waals surface area contributed by atoms with E-state index in [0.29, 0.717) is 11.5 Å². The van der Waals surface area contributed by atoms with Gasteiger partial charge in [-0.15, -0.1) is 10.2 Å². The first-order valence-corrected chi connectivity index (χ1v) is 7.89. The van der Waals surface area contributed by atoms with Crippen LogP contribution in [0.4, 0.5) is 0 Å². The summed E-state index contributed by atoms with van der Waals surface area (Å²) in [7, 11) is -3.29. The van der Waals surface area contributed by atoms with Crippen LogP contribution in [-0.2, 0) is 10.0 Å². The van der Waals surface area contributed by atoms with E-state index in [4.69, 9.17) is 0 Å². The number of aromatic nitrogens is 3. The van der Waals surface area contributed by atoms with Gasteiger partial charge in [0, 0.05) is 6.20 Å². The van der Waals surface area contributed by atoms with Gasteiger partial charge in [0.05, 0.1) is 11.8 Å². The third-order valence-corrected chi connectivity index (χ3v) is 4.34. The Morgan fingerprint density at radius 3 is 2.68 bits per heavy atom. The highest BCUT2D eigenvalue weighted by molar-refractivity contribution is 7.89. The molecule has 0 fully saturated rings. The Morgan fingerprint density at radius 1 is 1.32 bits per heavy atom. The topological polar surface area (TPSA) is 76.4 Å². The minimum absolute atomic E-state index is 0.0486.